The fourth-order valence-electron chi connectivity index (χ4n) is 4.02. The van der Waals surface area contributed by atoms with Crippen LogP contribution in [0.5, 0.6) is 11.6 Å². The summed E-state index contributed by atoms with van der Waals surface area (Å²) in [7, 11) is 1.69. The van der Waals surface area contributed by atoms with Crippen LogP contribution in [0.15, 0.2) is 24.3 Å². The number of hydrogen-bond acceptors (Lipinski definition) is 5. The second-order valence-corrected chi connectivity index (χ2v) is 8.22. The monoisotopic (exact) mass is 373 g/mol. The van der Waals surface area contributed by atoms with E-state index in [4.69, 9.17) is 4.74 Å². The predicted molar refractivity (Wildman–Crippen MR) is 101 cm³/mol. The molecule has 2 N–H and O–H groups in total. The quantitative estimate of drug-likeness (QED) is 0.736. The highest BCUT2D eigenvalue weighted by atomic mass is 32.1. The molecule has 0 aliphatic carbocycles. The van der Waals surface area contributed by atoms with Crippen molar-refractivity contribution < 1.29 is 14.7 Å². The summed E-state index contributed by atoms with van der Waals surface area (Å²) in [6.07, 6.45) is 2.48. The fourth-order valence-corrected chi connectivity index (χ4v) is 5.21. The van der Waals surface area contributed by atoms with Crippen LogP contribution in [0.3, 0.4) is 0 Å². The zero-order valence-corrected chi connectivity index (χ0v) is 16.2. The Morgan fingerprint density at radius 3 is 3.00 bits per heavy atom. The summed E-state index contributed by atoms with van der Waals surface area (Å²) in [5, 5.41) is 15.2. The van der Waals surface area contributed by atoms with Crippen molar-refractivity contribution in [3.05, 3.63) is 40.5 Å². The Morgan fingerprint density at radius 1 is 1.42 bits per heavy atom. The van der Waals surface area contributed by atoms with Crippen LogP contribution in [0, 0.1) is 12.8 Å². The van der Waals surface area contributed by atoms with Gasteiger partial charge in [0.05, 0.1) is 20.2 Å². The van der Waals surface area contributed by atoms with Gasteiger partial charge in [0.1, 0.15) is 16.5 Å². The molecule has 3 atom stereocenters. The number of aromatic nitrogens is 3. The summed E-state index contributed by atoms with van der Waals surface area (Å²) in [5.74, 6) is 2.41. The number of fused-ring (bicyclic) bond motifs is 1. The number of methoxy groups -OCH3 is 1. The van der Waals surface area contributed by atoms with E-state index in [2.05, 4.69) is 29.1 Å². The van der Waals surface area contributed by atoms with E-state index >= 15 is 0 Å². The molecule has 1 saturated heterocycles. The summed E-state index contributed by atoms with van der Waals surface area (Å²) >= 11 is 1.53. The van der Waals surface area contributed by atoms with Gasteiger partial charge >= 0.3 is 0 Å². The van der Waals surface area contributed by atoms with Crippen molar-refractivity contribution in [2.45, 2.75) is 32.7 Å². The Morgan fingerprint density at radius 2 is 2.27 bits per heavy atom. The Balaban J connectivity index is 1.83. The van der Waals surface area contributed by atoms with E-state index in [9.17, 15) is 5.11 Å². The Hall–Kier alpha value is -2.12. The molecular weight excluding hydrogens is 348 g/mol. The van der Waals surface area contributed by atoms with Crippen LogP contribution < -0.4 is 9.64 Å². The van der Waals surface area contributed by atoms with Gasteiger partial charge in [0.25, 0.3) is 0 Å². The average Bonchev–Trinajstić information content (AvgIpc) is 3.13. The van der Waals surface area contributed by atoms with E-state index in [0.29, 0.717) is 11.7 Å². The van der Waals surface area contributed by atoms with Crippen molar-refractivity contribution >= 4 is 16.3 Å². The van der Waals surface area contributed by atoms with Crippen molar-refractivity contribution in [1.82, 2.24) is 14.6 Å². The molecule has 0 amide bonds. The van der Waals surface area contributed by atoms with Crippen LogP contribution in [-0.4, -0.2) is 39.9 Å². The van der Waals surface area contributed by atoms with Crippen LogP contribution >= 0.6 is 11.3 Å². The highest BCUT2D eigenvalue weighted by molar-refractivity contribution is 7.17. The highest BCUT2D eigenvalue weighted by Gasteiger charge is 2.35. The van der Waals surface area contributed by atoms with Gasteiger partial charge in [-0.3, -0.25) is 0 Å². The highest BCUT2D eigenvalue weighted by Crippen LogP contribution is 2.36. The van der Waals surface area contributed by atoms with Gasteiger partial charge in [0.15, 0.2) is 6.04 Å². The molecular formula is C19H25N4O2S+. The van der Waals surface area contributed by atoms with E-state index in [0.717, 1.165) is 34.2 Å². The van der Waals surface area contributed by atoms with Crippen LogP contribution in [-0.2, 0) is 0 Å². The third-order valence-electron chi connectivity index (χ3n) is 5.21. The van der Waals surface area contributed by atoms with E-state index in [-0.39, 0.29) is 11.9 Å². The minimum Gasteiger partial charge on any atom is -0.497 e. The SMILES string of the molecule is COc1cccc([C@H](c2sc3nc(C)nn3c2O)[NH+]2CCC[C@H](C)C2)c1. The number of nitrogens with zero attached hydrogens (tertiary/aromatic N) is 3. The number of thiazole rings is 1. The van der Waals surface area contributed by atoms with Crippen LogP contribution in [0.4, 0.5) is 0 Å². The zero-order valence-electron chi connectivity index (χ0n) is 15.4. The third kappa shape index (κ3) is 3.05. The molecule has 138 valence electrons. The second kappa shape index (κ2) is 6.89. The lowest BCUT2D eigenvalue weighted by molar-refractivity contribution is -0.933. The van der Waals surface area contributed by atoms with Crippen LogP contribution in [0.25, 0.3) is 4.96 Å². The number of piperidine rings is 1. The van der Waals surface area contributed by atoms with Gasteiger partial charge in [-0.05, 0) is 31.9 Å². The molecule has 1 aliphatic heterocycles. The smallest absolute Gasteiger partial charge is 0.235 e. The van der Waals surface area contributed by atoms with Crippen molar-refractivity contribution in [3.8, 4) is 11.6 Å². The number of benzene rings is 1. The number of rotatable bonds is 4. The molecule has 0 spiro atoms. The molecule has 1 aromatic carbocycles. The first-order valence-electron chi connectivity index (χ1n) is 9.10. The first-order valence-corrected chi connectivity index (χ1v) is 9.92. The largest absolute Gasteiger partial charge is 0.497 e. The second-order valence-electron chi connectivity index (χ2n) is 7.21. The number of ether oxygens (including phenoxy) is 1. The van der Waals surface area contributed by atoms with Gasteiger partial charge in [-0.15, -0.1) is 5.10 Å². The number of nitrogens with one attached hydrogen (secondary N) is 1. The normalized spacial score (nSPS) is 21.8. The average molecular weight is 374 g/mol. The maximum Gasteiger partial charge on any atom is 0.235 e. The first kappa shape index (κ1) is 17.3. The molecule has 6 nitrogen and oxygen atoms in total. The lowest BCUT2D eigenvalue weighted by Crippen LogP contribution is -3.13. The molecule has 2 aromatic heterocycles. The summed E-state index contributed by atoms with van der Waals surface area (Å²) in [4.78, 5) is 7.59. The summed E-state index contributed by atoms with van der Waals surface area (Å²) in [5.41, 5.74) is 1.16. The molecule has 0 bridgehead atoms. The number of aromatic hydroxyl groups is 1. The zero-order chi connectivity index (χ0) is 18.3. The number of hydrogen-bond donors (Lipinski definition) is 2. The lowest BCUT2D eigenvalue weighted by Gasteiger charge is -2.34. The Bertz CT molecular complexity index is 920. The molecule has 1 aliphatic rings. The minimum absolute atomic E-state index is 0.0571. The van der Waals surface area contributed by atoms with Gasteiger partial charge in [-0.2, -0.15) is 4.52 Å². The van der Waals surface area contributed by atoms with Crippen LogP contribution in [0.2, 0.25) is 0 Å². The van der Waals surface area contributed by atoms with Crippen molar-refractivity contribution in [1.29, 1.82) is 0 Å². The minimum atomic E-state index is 0.0571. The maximum atomic E-state index is 10.9. The fraction of sp³-hybridized carbons (Fsp3) is 0.474. The molecule has 26 heavy (non-hydrogen) atoms. The molecule has 1 fully saturated rings. The van der Waals surface area contributed by atoms with Crippen LogP contribution in [0.1, 0.15) is 42.1 Å². The Labute approximate surface area is 157 Å². The third-order valence-corrected chi connectivity index (χ3v) is 6.29. The van der Waals surface area contributed by atoms with E-state index in [1.807, 2.05) is 19.1 Å². The van der Waals surface area contributed by atoms with Crippen molar-refractivity contribution in [2.75, 3.05) is 20.2 Å². The molecule has 7 heteroatoms. The summed E-state index contributed by atoms with van der Waals surface area (Å²) in [6, 6.07) is 8.24. The molecule has 3 aromatic rings. The molecule has 1 unspecified atom stereocenters. The van der Waals surface area contributed by atoms with Gasteiger partial charge < -0.3 is 14.7 Å². The van der Waals surface area contributed by atoms with Gasteiger partial charge in [-0.1, -0.05) is 30.4 Å². The lowest BCUT2D eigenvalue weighted by atomic mass is 9.95. The molecule has 0 radical (unpaired) electrons. The standard InChI is InChI=1S/C19H24N4O2S/c1-12-6-5-9-22(11-12)16(14-7-4-8-15(10-14)25-3)17-18(24)23-19(26-17)20-13(2)21-23/h4,7-8,10,12,16,24H,5-6,9,11H2,1-3H3/p+1/t12-,16+/m0/s1. The molecule has 4 rings (SSSR count). The van der Waals surface area contributed by atoms with E-state index < -0.39 is 0 Å². The molecule has 0 saturated carbocycles. The first-order chi connectivity index (χ1) is 12.6. The maximum absolute atomic E-state index is 10.9. The van der Waals surface area contributed by atoms with Crippen molar-refractivity contribution in [2.24, 2.45) is 5.92 Å². The van der Waals surface area contributed by atoms with Gasteiger partial charge in [0.2, 0.25) is 10.8 Å². The van der Waals surface area contributed by atoms with E-state index in [1.54, 1.807) is 11.6 Å². The van der Waals surface area contributed by atoms with Gasteiger partial charge in [-0.25, -0.2) is 4.98 Å². The molecule has 3 heterocycles. The van der Waals surface area contributed by atoms with Gasteiger partial charge in [0, 0.05) is 11.5 Å². The number of likely N-dealkylation sites (tertiary alicyclic amines) is 1. The van der Waals surface area contributed by atoms with Crippen molar-refractivity contribution in [3.63, 3.8) is 0 Å². The number of aryl methyl sites for hydroxylation is 1. The topological polar surface area (TPSA) is 64.1 Å². The number of quaternary nitrogens is 1. The van der Waals surface area contributed by atoms with E-state index in [1.165, 1.54) is 29.1 Å². The summed E-state index contributed by atoms with van der Waals surface area (Å²) in [6.45, 7) is 6.34. The summed E-state index contributed by atoms with van der Waals surface area (Å²) < 4.78 is 7.01. The Kier molecular flexibility index (Phi) is 4.58. The predicted octanol–water partition coefficient (Wildman–Crippen LogP) is 2.22.